The van der Waals surface area contributed by atoms with E-state index < -0.39 is 0 Å². The maximum atomic E-state index is 4.76. The zero-order valence-electron chi connectivity index (χ0n) is 12.1. The second kappa shape index (κ2) is 5.15. The molecule has 21 heavy (non-hydrogen) atoms. The van der Waals surface area contributed by atoms with E-state index >= 15 is 0 Å². The number of nitrogens with zero attached hydrogens (tertiary/aromatic N) is 1. The molecule has 0 saturated heterocycles. The first-order valence-electron chi connectivity index (χ1n) is 7.55. The number of aromatic nitrogens is 1. The van der Waals surface area contributed by atoms with E-state index in [1.165, 1.54) is 52.8 Å². The van der Waals surface area contributed by atoms with E-state index in [-0.39, 0.29) is 0 Å². The zero-order chi connectivity index (χ0) is 14.2. The number of benzene rings is 2. The molecule has 1 aliphatic rings. The largest absolute Gasteiger partial charge is 0.331 e. The lowest BCUT2D eigenvalue weighted by Gasteiger charge is -2.19. The van der Waals surface area contributed by atoms with Gasteiger partial charge in [0.25, 0.3) is 0 Å². The number of anilines is 2. The zero-order valence-corrected chi connectivity index (χ0v) is 13.0. The fourth-order valence-electron chi connectivity index (χ4n) is 3.15. The van der Waals surface area contributed by atoms with Gasteiger partial charge in [-0.3, -0.25) is 0 Å². The van der Waals surface area contributed by atoms with Crippen molar-refractivity contribution >= 4 is 32.4 Å². The fraction of sp³-hybridized carbons (Fsp3) is 0.278. The minimum absolute atomic E-state index is 0.998. The average Bonchev–Trinajstić information content (AvgIpc) is 2.92. The average molecular weight is 294 g/mol. The lowest BCUT2D eigenvalue weighted by Crippen LogP contribution is -2.05. The van der Waals surface area contributed by atoms with Crippen LogP contribution in [0.2, 0.25) is 0 Å². The third-order valence-electron chi connectivity index (χ3n) is 4.26. The van der Waals surface area contributed by atoms with Crippen LogP contribution in [0.25, 0.3) is 10.2 Å². The highest BCUT2D eigenvalue weighted by molar-refractivity contribution is 7.22. The summed E-state index contributed by atoms with van der Waals surface area (Å²) in [7, 11) is 0. The molecular formula is C18H18N2S. The van der Waals surface area contributed by atoms with Gasteiger partial charge in [-0.05, 0) is 61.4 Å². The first-order valence-corrected chi connectivity index (χ1v) is 8.37. The fourth-order valence-corrected chi connectivity index (χ4v) is 4.11. The summed E-state index contributed by atoms with van der Waals surface area (Å²) in [5.74, 6) is 0. The molecule has 1 aromatic heterocycles. The minimum atomic E-state index is 0.998. The van der Waals surface area contributed by atoms with Crippen LogP contribution in [0.5, 0.6) is 0 Å². The van der Waals surface area contributed by atoms with Crippen LogP contribution >= 0.6 is 11.3 Å². The molecular weight excluding hydrogens is 276 g/mol. The van der Waals surface area contributed by atoms with Crippen molar-refractivity contribution in [2.45, 2.75) is 32.6 Å². The molecule has 0 saturated carbocycles. The van der Waals surface area contributed by atoms with Crippen molar-refractivity contribution in [3.8, 4) is 0 Å². The van der Waals surface area contributed by atoms with E-state index in [1.54, 1.807) is 11.3 Å². The highest BCUT2D eigenvalue weighted by atomic mass is 32.1. The second-order valence-electron chi connectivity index (χ2n) is 5.72. The van der Waals surface area contributed by atoms with Gasteiger partial charge in [0.05, 0.1) is 10.2 Å². The molecule has 0 bridgehead atoms. The second-order valence-corrected chi connectivity index (χ2v) is 6.75. The van der Waals surface area contributed by atoms with Crippen LogP contribution in [0.4, 0.5) is 10.8 Å². The third kappa shape index (κ3) is 2.32. The molecule has 1 heterocycles. The normalized spacial score (nSPS) is 14.1. The molecule has 2 aromatic carbocycles. The highest BCUT2D eigenvalue weighted by Gasteiger charge is 2.14. The number of hydrogen-bond acceptors (Lipinski definition) is 3. The van der Waals surface area contributed by atoms with E-state index in [2.05, 4.69) is 48.6 Å². The van der Waals surface area contributed by atoms with Gasteiger partial charge in [-0.2, -0.15) is 0 Å². The summed E-state index contributed by atoms with van der Waals surface area (Å²) in [6, 6.07) is 13.0. The summed E-state index contributed by atoms with van der Waals surface area (Å²) in [6.45, 7) is 2.12. The van der Waals surface area contributed by atoms with E-state index in [4.69, 9.17) is 4.98 Å². The maximum Gasteiger partial charge on any atom is 0.188 e. The van der Waals surface area contributed by atoms with E-state index in [0.29, 0.717) is 0 Å². The lowest BCUT2D eigenvalue weighted by atomic mass is 9.90. The molecule has 2 nitrogen and oxygen atoms in total. The SMILES string of the molecule is Cc1cccc2sc(Nc3cccc4c3CCCC4)nc12. The Kier molecular flexibility index (Phi) is 3.15. The predicted molar refractivity (Wildman–Crippen MR) is 90.7 cm³/mol. The summed E-state index contributed by atoms with van der Waals surface area (Å²) in [5, 5.41) is 4.55. The van der Waals surface area contributed by atoms with Crippen LogP contribution in [0.3, 0.4) is 0 Å². The number of fused-ring (bicyclic) bond motifs is 2. The van der Waals surface area contributed by atoms with Gasteiger partial charge in [-0.1, -0.05) is 35.6 Å². The molecule has 0 fully saturated rings. The smallest absolute Gasteiger partial charge is 0.188 e. The van der Waals surface area contributed by atoms with Crippen molar-refractivity contribution < 1.29 is 0 Å². The Labute approximate surface area is 128 Å². The summed E-state index contributed by atoms with van der Waals surface area (Å²) in [5.41, 5.74) is 6.59. The van der Waals surface area contributed by atoms with Crippen molar-refractivity contribution in [3.63, 3.8) is 0 Å². The Hall–Kier alpha value is -1.87. The number of para-hydroxylation sites is 1. The Morgan fingerprint density at radius 1 is 1.05 bits per heavy atom. The Bertz CT molecular complexity index is 804. The van der Waals surface area contributed by atoms with E-state index in [1.807, 2.05) is 0 Å². The Morgan fingerprint density at radius 2 is 1.90 bits per heavy atom. The van der Waals surface area contributed by atoms with Gasteiger partial charge in [0.15, 0.2) is 5.13 Å². The maximum absolute atomic E-state index is 4.76. The number of thiazole rings is 1. The molecule has 106 valence electrons. The molecule has 0 spiro atoms. The van der Waals surface area contributed by atoms with Gasteiger partial charge in [0.2, 0.25) is 0 Å². The summed E-state index contributed by atoms with van der Waals surface area (Å²) in [4.78, 5) is 4.76. The first-order chi connectivity index (χ1) is 10.3. The van der Waals surface area contributed by atoms with Gasteiger partial charge >= 0.3 is 0 Å². The number of nitrogens with one attached hydrogen (secondary N) is 1. The van der Waals surface area contributed by atoms with E-state index in [0.717, 1.165) is 10.6 Å². The van der Waals surface area contributed by atoms with E-state index in [9.17, 15) is 0 Å². The molecule has 1 aliphatic carbocycles. The molecule has 1 N–H and O–H groups in total. The van der Waals surface area contributed by atoms with Crippen LogP contribution in [0.15, 0.2) is 36.4 Å². The molecule has 3 heteroatoms. The quantitative estimate of drug-likeness (QED) is 0.700. The van der Waals surface area contributed by atoms with Crippen molar-refractivity contribution in [2.75, 3.05) is 5.32 Å². The van der Waals surface area contributed by atoms with Gasteiger partial charge in [0.1, 0.15) is 0 Å². The van der Waals surface area contributed by atoms with Gasteiger partial charge in [0, 0.05) is 5.69 Å². The molecule has 4 rings (SSSR count). The standard InChI is InChI=1S/C18H18N2S/c1-12-6-4-11-16-17(12)20-18(21-16)19-15-10-5-8-13-7-2-3-9-14(13)15/h4-6,8,10-11H,2-3,7,9H2,1H3,(H,19,20). The van der Waals surface area contributed by atoms with Crippen LogP contribution in [0, 0.1) is 6.92 Å². The number of aryl methyl sites for hydroxylation is 2. The number of hydrogen-bond donors (Lipinski definition) is 1. The summed E-state index contributed by atoms with van der Waals surface area (Å²) in [6.07, 6.45) is 5.01. The molecule has 3 aromatic rings. The summed E-state index contributed by atoms with van der Waals surface area (Å²) < 4.78 is 1.25. The Morgan fingerprint density at radius 3 is 2.81 bits per heavy atom. The highest BCUT2D eigenvalue weighted by Crippen LogP contribution is 2.33. The lowest BCUT2D eigenvalue weighted by molar-refractivity contribution is 0.687. The van der Waals surface area contributed by atoms with Crippen LogP contribution in [-0.2, 0) is 12.8 Å². The van der Waals surface area contributed by atoms with Crippen LogP contribution < -0.4 is 5.32 Å². The number of rotatable bonds is 2. The third-order valence-corrected chi connectivity index (χ3v) is 5.19. The van der Waals surface area contributed by atoms with Crippen molar-refractivity contribution in [1.29, 1.82) is 0 Å². The molecule has 0 aliphatic heterocycles. The molecule has 0 amide bonds. The monoisotopic (exact) mass is 294 g/mol. The van der Waals surface area contributed by atoms with Crippen molar-refractivity contribution in [3.05, 3.63) is 53.1 Å². The van der Waals surface area contributed by atoms with Crippen molar-refractivity contribution in [2.24, 2.45) is 0 Å². The topological polar surface area (TPSA) is 24.9 Å². The van der Waals surface area contributed by atoms with Gasteiger partial charge in [-0.25, -0.2) is 4.98 Å². The minimum Gasteiger partial charge on any atom is -0.331 e. The van der Waals surface area contributed by atoms with Crippen molar-refractivity contribution in [1.82, 2.24) is 4.98 Å². The first kappa shape index (κ1) is 12.8. The van der Waals surface area contributed by atoms with Gasteiger partial charge < -0.3 is 5.32 Å². The Balaban J connectivity index is 1.73. The van der Waals surface area contributed by atoms with Crippen LogP contribution in [0.1, 0.15) is 29.5 Å². The summed E-state index contributed by atoms with van der Waals surface area (Å²) >= 11 is 1.73. The van der Waals surface area contributed by atoms with Gasteiger partial charge in [-0.15, -0.1) is 0 Å². The predicted octanol–water partition coefficient (Wildman–Crippen LogP) is 5.23. The molecule has 0 unspecified atom stereocenters. The molecule has 0 radical (unpaired) electrons. The molecule has 0 atom stereocenters. The van der Waals surface area contributed by atoms with Crippen LogP contribution in [-0.4, -0.2) is 4.98 Å².